The summed E-state index contributed by atoms with van der Waals surface area (Å²) in [6.07, 6.45) is 4.53. The molecule has 0 heterocycles. The molecule has 0 atom stereocenters. The lowest BCUT2D eigenvalue weighted by molar-refractivity contribution is -0.0328. The average molecular weight is 231 g/mol. The van der Waals surface area contributed by atoms with E-state index in [-0.39, 0.29) is 11.8 Å². The van der Waals surface area contributed by atoms with E-state index in [1.54, 1.807) is 12.1 Å². The van der Waals surface area contributed by atoms with Crippen LogP contribution in [0.1, 0.15) is 17.5 Å². The fourth-order valence-corrected chi connectivity index (χ4v) is 2.53. The maximum absolute atomic E-state index is 12.3. The fourth-order valence-electron chi connectivity index (χ4n) is 1.80. The maximum Gasteiger partial charge on any atom is 0.446 e. The molecule has 1 aromatic rings. The van der Waals surface area contributed by atoms with E-state index >= 15 is 0 Å². The molecule has 1 aliphatic carbocycles. The van der Waals surface area contributed by atoms with Gasteiger partial charge >= 0.3 is 5.51 Å². The second-order valence-electron chi connectivity index (χ2n) is 3.47. The third-order valence-electron chi connectivity index (χ3n) is 2.42. The van der Waals surface area contributed by atoms with Crippen molar-refractivity contribution < 1.29 is 13.2 Å². The first-order valence-electron chi connectivity index (χ1n) is 4.74. The molecule has 0 aliphatic heterocycles. The van der Waals surface area contributed by atoms with Gasteiger partial charge in [-0.3, -0.25) is 0 Å². The molecule has 81 valence electrons. The van der Waals surface area contributed by atoms with Gasteiger partial charge in [-0.25, -0.2) is 0 Å². The number of hydrogen-bond donors (Lipinski definition) is 0. The van der Waals surface area contributed by atoms with Gasteiger partial charge in [-0.2, -0.15) is 13.2 Å². The van der Waals surface area contributed by atoms with Gasteiger partial charge in [0.2, 0.25) is 0 Å². The van der Waals surface area contributed by atoms with E-state index in [0.717, 1.165) is 24.0 Å². The number of benzene rings is 1. The molecule has 0 spiro atoms. The topological polar surface area (TPSA) is 0 Å². The summed E-state index contributed by atoms with van der Waals surface area (Å²) in [5, 5.41) is 0. The van der Waals surface area contributed by atoms with E-state index in [0.29, 0.717) is 11.3 Å². The largest absolute Gasteiger partial charge is 0.446 e. The van der Waals surface area contributed by atoms with Crippen LogP contribution in [0, 0.1) is 6.42 Å². The molecule has 4 heteroatoms. The molecule has 0 bridgehead atoms. The van der Waals surface area contributed by atoms with Gasteiger partial charge in [-0.05, 0) is 54.6 Å². The lowest BCUT2D eigenvalue weighted by Gasteiger charge is -2.19. The zero-order valence-electron chi connectivity index (χ0n) is 7.97. The summed E-state index contributed by atoms with van der Waals surface area (Å²) in [6, 6.07) is 5.18. The fraction of sp³-hybridized carbons (Fsp3) is 0.364. The molecule has 2 rings (SSSR count). The van der Waals surface area contributed by atoms with Gasteiger partial charge in [0.25, 0.3) is 0 Å². The Labute approximate surface area is 90.9 Å². The molecule has 0 unspecified atom stereocenters. The molecule has 1 radical (unpaired) electrons. The Hall–Kier alpha value is -0.640. The Balaban J connectivity index is 2.31. The second kappa shape index (κ2) is 4.08. The number of rotatable bonds is 1. The third-order valence-corrected chi connectivity index (χ3v) is 3.26. The van der Waals surface area contributed by atoms with Crippen molar-refractivity contribution in [3.8, 4) is 0 Å². The van der Waals surface area contributed by atoms with Gasteiger partial charge in [0.1, 0.15) is 0 Å². The number of halogens is 3. The summed E-state index contributed by atoms with van der Waals surface area (Å²) in [7, 11) is 0. The minimum atomic E-state index is -4.19. The lowest BCUT2D eigenvalue weighted by atomic mass is 9.92. The predicted octanol–water partition coefficient (Wildman–Crippen LogP) is 3.99. The first-order valence-corrected chi connectivity index (χ1v) is 5.56. The van der Waals surface area contributed by atoms with Gasteiger partial charge < -0.3 is 0 Å². The van der Waals surface area contributed by atoms with Crippen molar-refractivity contribution in [3.05, 3.63) is 35.7 Å². The Kier molecular flexibility index (Phi) is 2.96. The van der Waals surface area contributed by atoms with Crippen LogP contribution in [0.3, 0.4) is 0 Å². The normalized spacial score (nSPS) is 16.2. The molecular formula is C11H10F3S. The summed E-state index contributed by atoms with van der Waals surface area (Å²) < 4.78 is 36.8. The number of hydrogen-bond acceptors (Lipinski definition) is 1. The van der Waals surface area contributed by atoms with Crippen LogP contribution >= 0.6 is 11.8 Å². The zero-order valence-corrected chi connectivity index (χ0v) is 8.79. The summed E-state index contributed by atoms with van der Waals surface area (Å²) >= 11 is -0.00463. The van der Waals surface area contributed by atoms with E-state index in [1.807, 2.05) is 12.5 Å². The minimum absolute atomic E-state index is 0.00463. The molecule has 0 fully saturated rings. The molecule has 0 N–H and O–H groups in total. The van der Waals surface area contributed by atoms with Gasteiger partial charge in [0, 0.05) is 4.90 Å². The first kappa shape index (κ1) is 10.9. The smallest absolute Gasteiger partial charge is 0.160 e. The van der Waals surface area contributed by atoms with E-state index in [4.69, 9.17) is 0 Å². The Morgan fingerprint density at radius 1 is 1.20 bits per heavy atom. The molecule has 15 heavy (non-hydrogen) atoms. The first-order chi connectivity index (χ1) is 7.06. The van der Waals surface area contributed by atoms with Crippen molar-refractivity contribution in [1.82, 2.24) is 0 Å². The highest BCUT2D eigenvalue weighted by atomic mass is 32.2. The van der Waals surface area contributed by atoms with E-state index in [9.17, 15) is 13.2 Å². The molecule has 0 amide bonds. The molecule has 1 aliphatic rings. The van der Waals surface area contributed by atoms with E-state index in [1.165, 1.54) is 0 Å². The summed E-state index contributed by atoms with van der Waals surface area (Å²) in [4.78, 5) is 0.357. The van der Waals surface area contributed by atoms with Gasteiger partial charge in [-0.1, -0.05) is 12.1 Å². The van der Waals surface area contributed by atoms with E-state index in [2.05, 4.69) is 0 Å². The van der Waals surface area contributed by atoms with Gasteiger partial charge in [0.15, 0.2) is 0 Å². The molecule has 0 aromatic heterocycles. The minimum Gasteiger partial charge on any atom is -0.160 e. The highest BCUT2D eigenvalue weighted by Crippen LogP contribution is 2.40. The van der Waals surface area contributed by atoms with E-state index < -0.39 is 5.51 Å². The molecule has 0 saturated heterocycles. The van der Waals surface area contributed by atoms with Gasteiger partial charge in [-0.15, -0.1) is 0 Å². The standard InChI is InChI=1S/C11H10F3S/c12-11(13,14)15-10-7-3-5-8-4-1-2-6-9(8)10/h2-3,5,7H,1,4,6H2. The van der Waals surface area contributed by atoms with Crippen LogP contribution in [0.5, 0.6) is 0 Å². The van der Waals surface area contributed by atoms with Crippen LogP contribution in [0.4, 0.5) is 13.2 Å². The molecule has 0 saturated carbocycles. The monoisotopic (exact) mass is 231 g/mol. The van der Waals surface area contributed by atoms with Crippen LogP contribution < -0.4 is 0 Å². The Morgan fingerprint density at radius 2 is 2.00 bits per heavy atom. The third kappa shape index (κ3) is 2.68. The van der Waals surface area contributed by atoms with Crippen LogP contribution in [-0.4, -0.2) is 5.51 Å². The SMILES string of the molecule is FC(F)(F)Sc1cccc2c1C[CH]CC2. The lowest BCUT2D eigenvalue weighted by Crippen LogP contribution is -2.07. The van der Waals surface area contributed by atoms with Crippen LogP contribution in [0.2, 0.25) is 0 Å². The number of aryl methyl sites for hydroxylation is 1. The maximum atomic E-state index is 12.3. The summed E-state index contributed by atoms with van der Waals surface area (Å²) in [5.74, 6) is 0. The van der Waals surface area contributed by atoms with Crippen molar-refractivity contribution in [1.29, 1.82) is 0 Å². The summed E-state index contributed by atoms with van der Waals surface area (Å²) in [6.45, 7) is 0. The van der Waals surface area contributed by atoms with Crippen LogP contribution in [-0.2, 0) is 12.8 Å². The zero-order chi connectivity index (χ0) is 10.9. The molecule has 0 nitrogen and oxygen atoms in total. The van der Waals surface area contributed by atoms with Crippen molar-refractivity contribution in [2.45, 2.75) is 29.7 Å². The average Bonchev–Trinajstić information content (AvgIpc) is 2.16. The van der Waals surface area contributed by atoms with Crippen LogP contribution in [0.15, 0.2) is 23.1 Å². The predicted molar refractivity (Wildman–Crippen MR) is 54.7 cm³/mol. The number of thioether (sulfide) groups is 1. The quantitative estimate of drug-likeness (QED) is 0.658. The van der Waals surface area contributed by atoms with Crippen molar-refractivity contribution in [3.63, 3.8) is 0 Å². The second-order valence-corrected chi connectivity index (χ2v) is 4.58. The van der Waals surface area contributed by atoms with Crippen molar-refractivity contribution in [2.75, 3.05) is 0 Å². The van der Waals surface area contributed by atoms with Gasteiger partial charge in [0.05, 0.1) is 0 Å². The van der Waals surface area contributed by atoms with Crippen molar-refractivity contribution in [2.24, 2.45) is 0 Å². The van der Waals surface area contributed by atoms with Crippen molar-refractivity contribution >= 4 is 11.8 Å². The summed E-state index contributed by atoms with van der Waals surface area (Å²) in [5.41, 5.74) is -2.27. The highest BCUT2D eigenvalue weighted by molar-refractivity contribution is 8.00. The van der Waals surface area contributed by atoms with Crippen LogP contribution in [0.25, 0.3) is 0 Å². The Morgan fingerprint density at radius 3 is 2.73 bits per heavy atom. The molecular weight excluding hydrogens is 221 g/mol. The molecule has 1 aromatic carbocycles. The Bertz CT molecular complexity index is 357. The highest BCUT2D eigenvalue weighted by Gasteiger charge is 2.31. The number of alkyl halides is 3. The number of fused-ring (bicyclic) bond motifs is 1.